The zero-order valence-corrected chi connectivity index (χ0v) is 13.0. The van der Waals surface area contributed by atoms with Crippen LogP contribution in [0.1, 0.15) is 10.4 Å². The molecule has 0 aliphatic rings. The van der Waals surface area contributed by atoms with E-state index in [1.54, 1.807) is 18.2 Å². The zero-order valence-electron chi connectivity index (χ0n) is 10.7. The Morgan fingerprint density at radius 1 is 1.14 bits per heavy atom. The van der Waals surface area contributed by atoms with Crippen LogP contribution < -0.4 is 0 Å². The lowest BCUT2D eigenvalue weighted by atomic mass is 10.0. The topological polar surface area (TPSA) is 50.2 Å². The van der Waals surface area contributed by atoms with Gasteiger partial charge in [0.25, 0.3) is 0 Å². The minimum absolute atomic E-state index is 0.182. The van der Waals surface area contributed by atoms with Gasteiger partial charge in [0.1, 0.15) is 0 Å². The maximum Gasteiger partial charge on any atom is 0.336 e. The van der Waals surface area contributed by atoms with E-state index in [2.05, 4.69) is 20.9 Å². The molecule has 2 aromatic carbocycles. The van der Waals surface area contributed by atoms with E-state index in [-0.39, 0.29) is 5.56 Å². The van der Waals surface area contributed by atoms with Crippen molar-refractivity contribution in [2.24, 2.45) is 0 Å². The monoisotopic (exact) mass is 361 g/mol. The van der Waals surface area contributed by atoms with Crippen LogP contribution in [0.25, 0.3) is 22.2 Å². The van der Waals surface area contributed by atoms with Crippen molar-refractivity contribution in [3.05, 3.63) is 63.6 Å². The number of carbonyl (C=O) groups is 1. The molecule has 3 aromatic rings. The molecule has 0 aliphatic carbocycles. The van der Waals surface area contributed by atoms with Crippen molar-refractivity contribution >= 4 is 44.4 Å². The van der Waals surface area contributed by atoms with Gasteiger partial charge in [-0.15, -0.1) is 0 Å². The highest BCUT2D eigenvalue weighted by Crippen LogP contribution is 2.32. The van der Waals surface area contributed by atoms with E-state index in [9.17, 15) is 9.90 Å². The summed E-state index contributed by atoms with van der Waals surface area (Å²) < 4.78 is 0.719. The van der Waals surface area contributed by atoms with Crippen molar-refractivity contribution < 1.29 is 9.90 Å². The Morgan fingerprint density at radius 2 is 1.86 bits per heavy atom. The highest BCUT2D eigenvalue weighted by molar-refractivity contribution is 9.10. The molecule has 0 amide bonds. The summed E-state index contributed by atoms with van der Waals surface area (Å²) in [6.45, 7) is 0. The van der Waals surface area contributed by atoms with Gasteiger partial charge in [-0.1, -0.05) is 57.9 Å². The molecule has 0 bridgehead atoms. The van der Waals surface area contributed by atoms with Gasteiger partial charge in [-0.3, -0.25) is 0 Å². The number of aromatic carboxylic acids is 1. The van der Waals surface area contributed by atoms with Gasteiger partial charge in [0.15, 0.2) is 0 Å². The minimum atomic E-state index is -1.01. The van der Waals surface area contributed by atoms with Crippen molar-refractivity contribution in [2.45, 2.75) is 0 Å². The zero-order chi connectivity index (χ0) is 15.0. The van der Waals surface area contributed by atoms with Gasteiger partial charge >= 0.3 is 5.97 Å². The number of rotatable bonds is 2. The van der Waals surface area contributed by atoms with Gasteiger partial charge in [-0.25, -0.2) is 9.78 Å². The van der Waals surface area contributed by atoms with Crippen LogP contribution in [-0.4, -0.2) is 16.1 Å². The molecule has 0 spiro atoms. The Kier molecular flexibility index (Phi) is 3.66. The van der Waals surface area contributed by atoms with Crippen LogP contribution in [0.3, 0.4) is 0 Å². The first kappa shape index (κ1) is 14.0. The van der Waals surface area contributed by atoms with Crippen LogP contribution >= 0.6 is 27.5 Å². The first-order valence-corrected chi connectivity index (χ1v) is 7.32. The van der Waals surface area contributed by atoms with Gasteiger partial charge in [0.05, 0.1) is 21.8 Å². The second-order valence-corrected chi connectivity index (χ2v) is 5.83. The predicted molar refractivity (Wildman–Crippen MR) is 86.8 cm³/mol. The van der Waals surface area contributed by atoms with Crippen LogP contribution in [0.4, 0.5) is 0 Å². The van der Waals surface area contributed by atoms with Crippen molar-refractivity contribution in [1.29, 1.82) is 0 Å². The second kappa shape index (κ2) is 5.47. The lowest BCUT2D eigenvalue weighted by molar-refractivity contribution is 0.0699. The third-order valence-corrected chi connectivity index (χ3v) is 3.88. The summed E-state index contributed by atoms with van der Waals surface area (Å²) in [5.74, 6) is -1.01. The van der Waals surface area contributed by atoms with E-state index >= 15 is 0 Å². The first-order chi connectivity index (χ1) is 10.1. The molecule has 3 nitrogen and oxygen atoms in total. The maximum atomic E-state index is 11.5. The smallest absolute Gasteiger partial charge is 0.336 e. The Hall–Kier alpha value is -1.91. The molecule has 3 rings (SSSR count). The molecule has 1 heterocycles. The second-order valence-electron chi connectivity index (χ2n) is 4.51. The normalized spacial score (nSPS) is 10.8. The summed E-state index contributed by atoms with van der Waals surface area (Å²) >= 11 is 9.54. The number of fused-ring (bicyclic) bond motifs is 1. The lowest BCUT2D eigenvalue weighted by Crippen LogP contribution is -2.00. The molecular weight excluding hydrogens is 354 g/mol. The standard InChI is InChI=1S/C16H9BrClNO2/c17-10-6-11-12(16(20)21)8-14(9-4-2-1-3-5-9)19-15(11)13(18)7-10/h1-8H,(H,20,21). The summed E-state index contributed by atoms with van der Waals surface area (Å²) in [4.78, 5) is 16.0. The third kappa shape index (κ3) is 2.64. The molecule has 0 saturated carbocycles. The predicted octanol–water partition coefficient (Wildman–Crippen LogP) is 5.02. The fourth-order valence-corrected chi connectivity index (χ4v) is 3.04. The SMILES string of the molecule is O=C(O)c1cc(-c2ccccc2)nc2c(Cl)cc(Br)cc12. The molecule has 21 heavy (non-hydrogen) atoms. The van der Waals surface area contributed by atoms with Crippen LogP contribution in [0.5, 0.6) is 0 Å². The molecular formula is C16H9BrClNO2. The van der Waals surface area contributed by atoms with Gasteiger partial charge in [-0.2, -0.15) is 0 Å². The third-order valence-electron chi connectivity index (χ3n) is 3.13. The van der Waals surface area contributed by atoms with Crippen molar-refractivity contribution in [1.82, 2.24) is 4.98 Å². The Labute approximate surface area is 134 Å². The van der Waals surface area contributed by atoms with E-state index in [0.717, 1.165) is 10.0 Å². The number of pyridine rings is 1. The van der Waals surface area contributed by atoms with E-state index in [0.29, 0.717) is 21.6 Å². The molecule has 0 unspecified atom stereocenters. The molecule has 5 heteroatoms. The molecule has 0 aliphatic heterocycles. The van der Waals surface area contributed by atoms with Crippen molar-refractivity contribution in [2.75, 3.05) is 0 Å². The largest absolute Gasteiger partial charge is 0.478 e. The van der Waals surface area contributed by atoms with E-state index in [1.165, 1.54) is 0 Å². The molecule has 0 radical (unpaired) electrons. The maximum absolute atomic E-state index is 11.5. The number of halogens is 2. The highest BCUT2D eigenvalue weighted by atomic mass is 79.9. The number of aromatic nitrogens is 1. The van der Waals surface area contributed by atoms with E-state index < -0.39 is 5.97 Å². The quantitative estimate of drug-likeness (QED) is 0.696. The Morgan fingerprint density at radius 3 is 2.52 bits per heavy atom. The number of nitrogens with zero attached hydrogens (tertiary/aromatic N) is 1. The minimum Gasteiger partial charge on any atom is -0.478 e. The highest BCUT2D eigenvalue weighted by Gasteiger charge is 2.15. The Balaban J connectivity index is 2.38. The average Bonchev–Trinajstić information content (AvgIpc) is 2.47. The van der Waals surface area contributed by atoms with E-state index in [1.807, 2.05) is 30.3 Å². The van der Waals surface area contributed by atoms with Crippen molar-refractivity contribution in [3.8, 4) is 11.3 Å². The molecule has 1 aromatic heterocycles. The van der Waals surface area contributed by atoms with Crippen LogP contribution in [0.2, 0.25) is 5.02 Å². The summed E-state index contributed by atoms with van der Waals surface area (Å²) in [5.41, 5.74) is 2.10. The molecule has 0 fully saturated rings. The van der Waals surface area contributed by atoms with Gasteiger partial charge in [-0.05, 0) is 18.2 Å². The number of hydrogen-bond acceptors (Lipinski definition) is 2. The summed E-state index contributed by atoms with van der Waals surface area (Å²) in [5, 5.41) is 10.4. The van der Waals surface area contributed by atoms with Crippen LogP contribution in [0.15, 0.2) is 53.0 Å². The molecule has 0 saturated heterocycles. The fourth-order valence-electron chi connectivity index (χ4n) is 2.19. The van der Waals surface area contributed by atoms with Gasteiger partial charge in [0, 0.05) is 15.4 Å². The van der Waals surface area contributed by atoms with E-state index in [4.69, 9.17) is 11.6 Å². The number of carboxylic acid groups (broad SMARTS) is 1. The first-order valence-electron chi connectivity index (χ1n) is 6.15. The summed E-state index contributed by atoms with van der Waals surface area (Å²) in [6, 6.07) is 14.4. The van der Waals surface area contributed by atoms with Crippen LogP contribution in [-0.2, 0) is 0 Å². The Bertz CT molecular complexity index is 850. The van der Waals surface area contributed by atoms with Gasteiger partial charge < -0.3 is 5.11 Å². The van der Waals surface area contributed by atoms with Gasteiger partial charge in [0.2, 0.25) is 0 Å². The fraction of sp³-hybridized carbons (Fsp3) is 0. The lowest BCUT2D eigenvalue weighted by Gasteiger charge is -2.09. The average molecular weight is 363 g/mol. The molecule has 0 atom stereocenters. The molecule has 1 N–H and O–H groups in total. The van der Waals surface area contributed by atoms with Crippen LogP contribution in [0, 0.1) is 0 Å². The number of carboxylic acids is 1. The number of hydrogen-bond donors (Lipinski definition) is 1. The summed E-state index contributed by atoms with van der Waals surface area (Å²) in [7, 11) is 0. The number of benzene rings is 2. The summed E-state index contributed by atoms with van der Waals surface area (Å²) in [6.07, 6.45) is 0. The molecule has 104 valence electrons. The van der Waals surface area contributed by atoms with Crippen molar-refractivity contribution in [3.63, 3.8) is 0 Å².